The molecular weight excluding hydrogens is 280 g/mol. The quantitative estimate of drug-likeness (QED) is 0.318. The average molecular weight is 314 g/mol. The first kappa shape index (κ1) is 20.9. The van der Waals surface area contributed by atoms with E-state index in [0.717, 1.165) is 25.7 Å². The lowest BCUT2D eigenvalue weighted by Gasteiger charge is -2.05. The minimum atomic E-state index is -0.762. The monoisotopic (exact) mass is 314 g/mol. The van der Waals surface area contributed by atoms with Crippen molar-refractivity contribution in [1.29, 1.82) is 0 Å². The Balaban J connectivity index is 3.17. The highest BCUT2D eigenvalue weighted by Gasteiger charge is 2.03. The normalized spacial score (nSPS) is 10.6. The summed E-state index contributed by atoms with van der Waals surface area (Å²) < 4.78 is 5.13. The molecule has 0 bridgehead atoms. The molecule has 4 heteroatoms. The Morgan fingerprint density at radius 2 is 1.23 bits per heavy atom. The predicted octanol–water partition coefficient (Wildman–Crippen LogP) is 5.10. The fraction of sp³-hybridized carbons (Fsp3) is 0.889. The van der Waals surface area contributed by atoms with E-state index in [1.807, 2.05) is 0 Å². The number of hydrogen-bond acceptors (Lipinski definition) is 3. The third-order valence-electron chi connectivity index (χ3n) is 3.78. The van der Waals surface area contributed by atoms with Crippen LogP contribution in [0.3, 0.4) is 0 Å². The summed E-state index contributed by atoms with van der Waals surface area (Å²) in [5.74, 6) is -0.872. The minimum Gasteiger partial charge on any atom is -0.481 e. The van der Waals surface area contributed by atoms with Crippen LogP contribution in [0.4, 0.5) is 0 Å². The molecule has 0 aromatic rings. The lowest BCUT2D eigenvalue weighted by atomic mass is 10.1. The molecule has 22 heavy (non-hydrogen) atoms. The molecule has 0 unspecified atom stereocenters. The van der Waals surface area contributed by atoms with E-state index in [-0.39, 0.29) is 12.4 Å². The third kappa shape index (κ3) is 17.0. The second-order valence-electron chi connectivity index (χ2n) is 6.00. The zero-order chi connectivity index (χ0) is 16.5. The van der Waals surface area contributed by atoms with Crippen molar-refractivity contribution in [2.75, 3.05) is 6.61 Å². The van der Waals surface area contributed by atoms with E-state index in [4.69, 9.17) is 9.84 Å². The van der Waals surface area contributed by atoms with Gasteiger partial charge in [0, 0.05) is 12.8 Å². The Labute approximate surface area is 135 Å². The maximum atomic E-state index is 11.5. The van der Waals surface area contributed by atoms with Gasteiger partial charge in [-0.05, 0) is 25.7 Å². The fourth-order valence-corrected chi connectivity index (χ4v) is 2.39. The maximum absolute atomic E-state index is 11.5. The number of unbranched alkanes of at least 4 members (excludes halogenated alkanes) is 10. The van der Waals surface area contributed by atoms with Gasteiger partial charge in [-0.25, -0.2) is 0 Å². The summed E-state index contributed by atoms with van der Waals surface area (Å²) >= 11 is 0. The molecule has 0 aliphatic heterocycles. The Hall–Kier alpha value is -1.06. The smallest absolute Gasteiger partial charge is 0.305 e. The number of carbonyl (C=O) groups excluding carboxylic acids is 1. The number of carbonyl (C=O) groups is 2. The van der Waals surface area contributed by atoms with Crippen LogP contribution in [-0.4, -0.2) is 23.7 Å². The van der Waals surface area contributed by atoms with Crippen molar-refractivity contribution in [2.24, 2.45) is 0 Å². The summed E-state index contributed by atoms with van der Waals surface area (Å²) in [6.07, 6.45) is 14.1. The molecule has 130 valence electrons. The van der Waals surface area contributed by atoms with Crippen molar-refractivity contribution in [3.05, 3.63) is 0 Å². The van der Waals surface area contributed by atoms with Gasteiger partial charge in [-0.1, -0.05) is 58.3 Å². The fourth-order valence-electron chi connectivity index (χ4n) is 2.39. The van der Waals surface area contributed by atoms with Crippen LogP contribution in [0.1, 0.15) is 96.8 Å². The van der Waals surface area contributed by atoms with Gasteiger partial charge in [-0.15, -0.1) is 0 Å². The Morgan fingerprint density at radius 1 is 0.727 bits per heavy atom. The number of rotatable bonds is 16. The van der Waals surface area contributed by atoms with E-state index in [0.29, 0.717) is 19.4 Å². The van der Waals surface area contributed by atoms with Gasteiger partial charge in [-0.3, -0.25) is 9.59 Å². The van der Waals surface area contributed by atoms with Crippen molar-refractivity contribution in [1.82, 2.24) is 0 Å². The standard InChI is InChI=1S/C18H34O4/c1-2-3-4-5-6-7-8-9-12-15-18(21)22-16-13-10-11-14-17(19)20/h2-16H2,1H3,(H,19,20). The lowest BCUT2D eigenvalue weighted by Crippen LogP contribution is -2.05. The van der Waals surface area contributed by atoms with E-state index in [2.05, 4.69) is 6.92 Å². The van der Waals surface area contributed by atoms with Crippen molar-refractivity contribution < 1.29 is 19.4 Å². The molecular formula is C18H34O4. The molecule has 0 aromatic carbocycles. The van der Waals surface area contributed by atoms with Gasteiger partial charge in [0.15, 0.2) is 0 Å². The molecule has 0 aromatic heterocycles. The van der Waals surface area contributed by atoms with Crippen molar-refractivity contribution in [2.45, 2.75) is 96.8 Å². The van der Waals surface area contributed by atoms with Crippen molar-refractivity contribution in [3.8, 4) is 0 Å². The summed E-state index contributed by atoms with van der Waals surface area (Å²) in [7, 11) is 0. The maximum Gasteiger partial charge on any atom is 0.305 e. The average Bonchev–Trinajstić information content (AvgIpc) is 2.48. The van der Waals surface area contributed by atoms with Gasteiger partial charge in [0.2, 0.25) is 0 Å². The van der Waals surface area contributed by atoms with Gasteiger partial charge >= 0.3 is 11.9 Å². The molecule has 0 saturated carbocycles. The van der Waals surface area contributed by atoms with Gasteiger partial charge in [0.1, 0.15) is 0 Å². The lowest BCUT2D eigenvalue weighted by molar-refractivity contribution is -0.144. The molecule has 0 aliphatic carbocycles. The van der Waals surface area contributed by atoms with Crippen LogP contribution in [0.5, 0.6) is 0 Å². The number of carboxylic acid groups (broad SMARTS) is 1. The molecule has 0 radical (unpaired) electrons. The van der Waals surface area contributed by atoms with Crippen LogP contribution >= 0.6 is 0 Å². The number of aliphatic carboxylic acids is 1. The second-order valence-corrected chi connectivity index (χ2v) is 6.00. The zero-order valence-corrected chi connectivity index (χ0v) is 14.3. The highest BCUT2D eigenvalue weighted by Crippen LogP contribution is 2.11. The summed E-state index contributed by atoms with van der Waals surface area (Å²) in [6, 6.07) is 0. The number of carboxylic acids is 1. The first-order chi connectivity index (χ1) is 10.7. The minimum absolute atomic E-state index is 0.110. The van der Waals surface area contributed by atoms with E-state index in [1.54, 1.807) is 0 Å². The second kappa shape index (κ2) is 16.3. The first-order valence-electron chi connectivity index (χ1n) is 9.04. The molecule has 0 atom stereocenters. The van der Waals surface area contributed by atoms with Crippen molar-refractivity contribution in [3.63, 3.8) is 0 Å². The third-order valence-corrected chi connectivity index (χ3v) is 3.78. The Bertz CT molecular complexity index is 276. The van der Waals surface area contributed by atoms with E-state index in [9.17, 15) is 9.59 Å². The van der Waals surface area contributed by atoms with Crippen LogP contribution in [0.15, 0.2) is 0 Å². The summed E-state index contributed by atoms with van der Waals surface area (Å²) in [4.78, 5) is 21.8. The molecule has 1 N–H and O–H groups in total. The molecule has 0 spiro atoms. The number of hydrogen-bond donors (Lipinski definition) is 1. The van der Waals surface area contributed by atoms with Crippen LogP contribution in [0.2, 0.25) is 0 Å². The number of esters is 1. The zero-order valence-electron chi connectivity index (χ0n) is 14.3. The van der Waals surface area contributed by atoms with Gasteiger partial charge in [-0.2, -0.15) is 0 Å². The summed E-state index contributed by atoms with van der Waals surface area (Å²) in [6.45, 7) is 2.66. The van der Waals surface area contributed by atoms with Gasteiger partial charge in [0.05, 0.1) is 6.61 Å². The molecule has 0 aliphatic rings. The molecule has 0 saturated heterocycles. The summed E-state index contributed by atoms with van der Waals surface area (Å²) in [5, 5.41) is 8.49. The largest absolute Gasteiger partial charge is 0.481 e. The first-order valence-corrected chi connectivity index (χ1v) is 9.04. The predicted molar refractivity (Wildman–Crippen MR) is 88.9 cm³/mol. The highest BCUT2D eigenvalue weighted by molar-refractivity contribution is 5.69. The Kier molecular flexibility index (Phi) is 15.5. The van der Waals surface area contributed by atoms with Crippen LogP contribution in [-0.2, 0) is 14.3 Å². The molecule has 0 heterocycles. The van der Waals surface area contributed by atoms with E-state index >= 15 is 0 Å². The number of ether oxygens (including phenoxy) is 1. The van der Waals surface area contributed by atoms with Crippen LogP contribution in [0, 0.1) is 0 Å². The highest BCUT2D eigenvalue weighted by atomic mass is 16.5. The van der Waals surface area contributed by atoms with Gasteiger partial charge in [0.25, 0.3) is 0 Å². The van der Waals surface area contributed by atoms with Crippen LogP contribution < -0.4 is 0 Å². The summed E-state index contributed by atoms with van der Waals surface area (Å²) in [5.41, 5.74) is 0. The molecule has 0 fully saturated rings. The van der Waals surface area contributed by atoms with Crippen molar-refractivity contribution >= 4 is 11.9 Å². The van der Waals surface area contributed by atoms with Gasteiger partial charge < -0.3 is 9.84 Å². The molecule has 0 rings (SSSR count). The van der Waals surface area contributed by atoms with E-state index in [1.165, 1.54) is 44.9 Å². The Morgan fingerprint density at radius 3 is 1.82 bits per heavy atom. The van der Waals surface area contributed by atoms with E-state index < -0.39 is 5.97 Å². The topological polar surface area (TPSA) is 63.6 Å². The molecule has 4 nitrogen and oxygen atoms in total. The molecule has 0 amide bonds. The van der Waals surface area contributed by atoms with Crippen LogP contribution in [0.25, 0.3) is 0 Å². The SMILES string of the molecule is CCCCCCCCCCCC(=O)OCCCCCC(=O)O.